The highest BCUT2D eigenvalue weighted by Gasteiger charge is 2.06. The van der Waals surface area contributed by atoms with Crippen LogP contribution in [0.25, 0.3) is 0 Å². The summed E-state index contributed by atoms with van der Waals surface area (Å²) in [5.74, 6) is 0. The molecule has 1 aromatic rings. The van der Waals surface area contributed by atoms with Gasteiger partial charge in [0.2, 0.25) is 0 Å². The zero-order valence-corrected chi connectivity index (χ0v) is 9.32. The summed E-state index contributed by atoms with van der Waals surface area (Å²) in [5, 5.41) is 4.12. The first-order valence-corrected chi connectivity index (χ1v) is 4.80. The van der Waals surface area contributed by atoms with E-state index in [4.69, 9.17) is 9.47 Å². The van der Waals surface area contributed by atoms with Gasteiger partial charge in [-0.25, -0.2) is 0 Å². The van der Waals surface area contributed by atoms with Crippen LogP contribution in [0.4, 0.5) is 0 Å². The maximum Gasteiger partial charge on any atom is 0.158 e. The van der Waals surface area contributed by atoms with Gasteiger partial charge in [0.1, 0.15) is 4.60 Å². The van der Waals surface area contributed by atoms with Crippen molar-refractivity contribution in [3.05, 3.63) is 16.9 Å². The Hall–Kier alpha value is -0.390. The van der Waals surface area contributed by atoms with Gasteiger partial charge in [-0.05, 0) is 22.0 Å². The molecule has 0 aromatic carbocycles. The van der Waals surface area contributed by atoms with E-state index >= 15 is 0 Å². The summed E-state index contributed by atoms with van der Waals surface area (Å²) >= 11 is 3.38. The van der Waals surface area contributed by atoms with Crippen molar-refractivity contribution in [2.75, 3.05) is 14.2 Å². The topological polar surface area (TPSA) is 36.3 Å². The number of methoxy groups -OCH3 is 2. The van der Waals surface area contributed by atoms with E-state index in [2.05, 4.69) is 21.0 Å². The fourth-order valence-electron chi connectivity index (χ4n) is 1.04. The molecule has 5 heteroatoms. The first-order chi connectivity index (χ1) is 6.27. The van der Waals surface area contributed by atoms with Gasteiger partial charge in [0.05, 0.1) is 6.20 Å². The van der Waals surface area contributed by atoms with Crippen molar-refractivity contribution in [2.45, 2.75) is 19.3 Å². The van der Waals surface area contributed by atoms with Crippen molar-refractivity contribution < 1.29 is 9.47 Å². The zero-order chi connectivity index (χ0) is 9.68. The van der Waals surface area contributed by atoms with Gasteiger partial charge in [-0.15, -0.1) is 0 Å². The van der Waals surface area contributed by atoms with E-state index in [0.29, 0.717) is 0 Å². The van der Waals surface area contributed by atoms with Gasteiger partial charge in [-0.2, -0.15) is 5.10 Å². The molecule has 0 radical (unpaired) electrons. The van der Waals surface area contributed by atoms with Crippen LogP contribution in [0, 0.1) is 0 Å². The van der Waals surface area contributed by atoms with E-state index in [-0.39, 0.29) is 6.29 Å². The first kappa shape index (κ1) is 10.7. The minimum atomic E-state index is -0.156. The lowest BCUT2D eigenvalue weighted by molar-refractivity contribution is -0.108. The van der Waals surface area contributed by atoms with Crippen LogP contribution in [0.3, 0.4) is 0 Å². The second kappa shape index (κ2) is 5.36. The Kier molecular flexibility index (Phi) is 4.41. The van der Waals surface area contributed by atoms with Crippen LogP contribution in [0.2, 0.25) is 0 Å². The summed E-state index contributed by atoms with van der Waals surface area (Å²) in [7, 11) is 3.26. The standard InChI is InChI=1S/C8H13BrN2O2/c1-12-8(13-2)4-6-11-7(9)3-5-10-11/h3,5,8H,4,6H2,1-2H3. The molecular weight excluding hydrogens is 236 g/mol. The molecular formula is C8H13BrN2O2. The Balaban J connectivity index is 2.38. The molecule has 0 saturated carbocycles. The number of halogens is 1. The predicted molar refractivity (Wildman–Crippen MR) is 52.4 cm³/mol. The fourth-order valence-corrected chi connectivity index (χ4v) is 1.43. The molecule has 74 valence electrons. The van der Waals surface area contributed by atoms with E-state index in [1.54, 1.807) is 20.4 Å². The smallest absolute Gasteiger partial charge is 0.158 e. The molecule has 0 unspecified atom stereocenters. The van der Waals surface area contributed by atoms with Crippen LogP contribution >= 0.6 is 15.9 Å². The number of nitrogens with zero attached hydrogens (tertiary/aromatic N) is 2. The van der Waals surface area contributed by atoms with Gasteiger partial charge in [0.15, 0.2) is 6.29 Å². The van der Waals surface area contributed by atoms with Crippen molar-refractivity contribution in [1.82, 2.24) is 9.78 Å². The molecule has 0 atom stereocenters. The predicted octanol–water partition coefficient (Wildman–Crippen LogP) is 1.65. The van der Waals surface area contributed by atoms with Gasteiger partial charge in [-0.3, -0.25) is 4.68 Å². The SMILES string of the molecule is COC(CCn1nccc1Br)OC. The second-order valence-electron chi connectivity index (χ2n) is 2.57. The van der Waals surface area contributed by atoms with Gasteiger partial charge in [0.25, 0.3) is 0 Å². The molecule has 0 aliphatic heterocycles. The third-order valence-electron chi connectivity index (χ3n) is 1.77. The normalized spacial score (nSPS) is 11.1. The Morgan fingerprint density at radius 3 is 2.69 bits per heavy atom. The number of aryl methyl sites for hydroxylation is 1. The fraction of sp³-hybridized carbons (Fsp3) is 0.625. The third-order valence-corrected chi connectivity index (χ3v) is 2.44. The number of rotatable bonds is 5. The lowest BCUT2D eigenvalue weighted by Crippen LogP contribution is -2.16. The Labute approximate surface area is 86.0 Å². The molecule has 0 fully saturated rings. The molecule has 13 heavy (non-hydrogen) atoms. The van der Waals surface area contributed by atoms with Crippen LogP contribution in [-0.4, -0.2) is 30.3 Å². The summed E-state index contributed by atoms with van der Waals surface area (Å²) < 4.78 is 12.9. The first-order valence-electron chi connectivity index (χ1n) is 4.01. The average molecular weight is 249 g/mol. The van der Waals surface area contributed by atoms with Crippen LogP contribution in [0.15, 0.2) is 16.9 Å². The van der Waals surface area contributed by atoms with Gasteiger partial charge in [-0.1, -0.05) is 0 Å². The minimum Gasteiger partial charge on any atom is -0.356 e. The summed E-state index contributed by atoms with van der Waals surface area (Å²) in [6.07, 6.45) is 2.38. The molecule has 0 aliphatic carbocycles. The molecule has 1 heterocycles. The van der Waals surface area contributed by atoms with E-state index in [1.165, 1.54) is 0 Å². The lowest BCUT2D eigenvalue weighted by atomic mass is 10.4. The third kappa shape index (κ3) is 3.10. The highest BCUT2D eigenvalue weighted by atomic mass is 79.9. The quantitative estimate of drug-likeness (QED) is 0.744. The van der Waals surface area contributed by atoms with E-state index in [9.17, 15) is 0 Å². The molecule has 0 bridgehead atoms. The zero-order valence-electron chi connectivity index (χ0n) is 7.74. The van der Waals surface area contributed by atoms with Gasteiger partial charge in [0, 0.05) is 27.2 Å². The van der Waals surface area contributed by atoms with E-state index < -0.39 is 0 Å². The van der Waals surface area contributed by atoms with Crippen LogP contribution in [0.1, 0.15) is 6.42 Å². The summed E-state index contributed by atoms with van der Waals surface area (Å²) in [6.45, 7) is 0.778. The maximum atomic E-state index is 5.06. The Bertz CT molecular complexity index is 248. The summed E-state index contributed by atoms with van der Waals surface area (Å²) in [6, 6.07) is 1.90. The molecule has 0 N–H and O–H groups in total. The molecule has 0 aliphatic rings. The molecule has 1 aromatic heterocycles. The average Bonchev–Trinajstić information content (AvgIpc) is 2.54. The minimum absolute atomic E-state index is 0.156. The van der Waals surface area contributed by atoms with E-state index in [1.807, 2.05) is 10.7 Å². The summed E-state index contributed by atoms with van der Waals surface area (Å²) in [5.41, 5.74) is 0. The maximum absolute atomic E-state index is 5.06. The highest BCUT2D eigenvalue weighted by Crippen LogP contribution is 2.09. The monoisotopic (exact) mass is 248 g/mol. The van der Waals surface area contributed by atoms with Crippen LogP contribution in [0.5, 0.6) is 0 Å². The van der Waals surface area contributed by atoms with Crippen LogP contribution in [-0.2, 0) is 16.0 Å². The van der Waals surface area contributed by atoms with Gasteiger partial charge < -0.3 is 9.47 Å². The number of aromatic nitrogens is 2. The van der Waals surface area contributed by atoms with Crippen molar-refractivity contribution in [3.8, 4) is 0 Å². The molecule has 1 rings (SSSR count). The number of hydrogen-bond acceptors (Lipinski definition) is 3. The Morgan fingerprint density at radius 2 is 2.23 bits per heavy atom. The Morgan fingerprint density at radius 1 is 1.54 bits per heavy atom. The number of ether oxygens (including phenoxy) is 2. The van der Waals surface area contributed by atoms with Crippen molar-refractivity contribution in [1.29, 1.82) is 0 Å². The van der Waals surface area contributed by atoms with Gasteiger partial charge >= 0.3 is 0 Å². The molecule has 4 nitrogen and oxygen atoms in total. The van der Waals surface area contributed by atoms with Crippen molar-refractivity contribution in [3.63, 3.8) is 0 Å². The molecule has 0 saturated heterocycles. The summed E-state index contributed by atoms with van der Waals surface area (Å²) in [4.78, 5) is 0. The highest BCUT2D eigenvalue weighted by molar-refractivity contribution is 9.10. The largest absolute Gasteiger partial charge is 0.356 e. The van der Waals surface area contributed by atoms with Crippen molar-refractivity contribution >= 4 is 15.9 Å². The lowest BCUT2D eigenvalue weighted by Gasteiger charge is -2.13. The number of hydrogen-bond donors (Lipinski definition) is 0. The second-order valence-corrected chi connectivity index (χ2v) is 3.38. The molecule has 0 amide bonds. The van der Waals surface area contributed by atoms with Crippen LogP contribution < -0.4 is 0 Å². The van der Waals surface area contributed by atoms with Crippen molar-refractivity contribution in [2.24, 2.45) is 0 Å². The molecule has 0 spiro atoms. The van der Waals surface area contributed by atoms with E-state index in [0.717, 1.165) is 17.6 Å².